The monoisotopic (exact) mass is 346 g/mol. The summed E-state index contributed by atoms with van der Waals surface area (Å²) in [5.41, 5.74) is 3.21. The molecule has 3 rings (SSSR count). The molecule has 0 amide bonds. The van der Waals surface area contributed by atoms with Crippen molar-refractivity contribution in [2.45, 2.75) is 6.54 Å². The second-order valence-corrected chi connectivity index (χ2v) is 5.80. The Hall–Kier alpha value is -1.58. The molecule has 0 fully saturated rings. The van der Waals surface area contributed by atoms with Crippen molar-refractivity contribution < 1.29 is 0 Å². The van der Waals surface area contributed by atoms with Gasteiger partial charge in [0.2, 0.25) is 0 Å². The van der Waals surface area contributed by atoms with Crippen LogP contribution in [0.3, 0.4) is 0 Å². The fourth-order valence-electron chi connectivity index (χ4n) is 2.07. The molecule has 3 aromatic rings. The third-order valence-corrected chi connectivity index (χ3v) is 4.01. The molecule has 0 aliphatic rings. The lowest BCUT2D eigenvalue weighted by molar-refractivity contribution is 1.15. The van der Waals surface area contributed by atoms with Crippen molar-refractivity contribution >= 4 is 44.1 Å². The second kappa shape index (κ2) is 5.81. The quantitative estimate of drug-likeness (QED) is 0.699. The van der Waals surface area contributed by atoms with E-state index in [0.717, 1.165) is 32.6 Å². The molecule has 0 atom stereocenters. The molecule has 4 heteroatoms. The summed E-state index contributed by atoms with van der Waals surface area (Å²) in [5, 5.41) is 5.25. The van der Waals surface area contributed by atoms with Crippen LogP contribution in [0.15, 0.2) is 59.2 Å². The topological polar surface area (TPSA) is 24.9 Å². The van der Waals surface area contributed by atoms with Crippen molar-refractivity contribution in [3.63, 3.8) is 0 Å². The van der Waals surface area contributed by atoms with Crippen LogP contribution in [0.25, 0.3) is 10.9 Å². The maximum absolute atomic E-state index is 6.01. The standard InChI is InChI=1S/C16H12BrClN2/c17-14-5-4-13(18)9-16(14)20-10-11-3-6-15-12(8-11)2-1-7-19-15/h1-9,20H,10H2. The van der Waals surface area contributed by atoms with E-state index in [0.29, 0.717) is 0 Å². The van der Waals surface area contributed by atoms with Gasteiger partial charge in [-0.2, -0.15) is 0 Å². The van der Waals surface area contributed by atoms with E-state index in [4.69, 9.17) is 11.6 Å². The number of fused-ring (bicyclic) bond motifs is 1. The Balaban J connectivity index is 1.81. The number of hydrogen-bond acceptors (Lipinski definition) is 2. The maximum Gasteiger partial charge on any atom is 0.0702 e. The van der Waals surface area contributed by atoms with Gasteiger partial charge in [0.05, 0.1) is 11.2 Å². The van der Waals surface area contributed by atoms with Crippen LogP contribution in [0.4, 0.5) is 5.69 Å². The van der Waals surface area contributed by atoms with Crippen molar-refractivity contribution in [1.29, 1.82) is 0 Å². The van der Waals surface area contributed by atoms with Crippen molar-refractivity contribution in [1.82, 2.24) is 4.98 Å². The summed E-state index contributed by atoms with van der Waals surface area (Å²) in [4.78, 5) is 4.32. The van der Waals surface area contributed by atoms with Crippen LogP contribution in [-0.2, 0) is 6.54 Å². The first-order valence-electron chi connectivity index (χ1n) is 6.25. The molecule has 2 nitrogen and oxygen atoms in total. The van der Waals surface area contributed by atoms with Gasteiger partial charge in [-0.25, -0.2) is 0 Å². The Bertz CT molecular complexity index is 758. The highest BCUT2D eigenvalue weighted by Gasteiger charge is 2.02. The molecule has 0 spiro atoms. The van der Waals surface area contributed by atoms with Gasteiger partial charge in [0.25, 0.3) is 0 Å². The average Bonchev–Trinajstić information content (AvgIpc) is 2.48. The van der Waals surface area contributed by atoms with E-state index in [1.165, 1.54) is 5.56 Å². The molecule has 2 aromatic carbocycles. The van der Waals surface area contributed by atoms with Gasteiger partial charge in [-0.3, -0.25) is 4.98 Å². The Kier molecular flexibility index (Phi) is 3.90. The van der Waals surface area contributed by atoms with Gasteiger partial charge < -0.3 is 5.32 Å². The normalized spacial score (nSPS) is 10.7. The molecule has 100 valence electrons. The fourth-order valence-corrected chi connectivity index (χ4v) is 2.62. The average molecular weight is 348 g/mol. The van der Waals surface area contributed by atoms with Gasteiger partial charge in [-0.05, 0) is 57.9 Å². The SMILES string of the molecule is Clc1ccc(Br)c(NCc2ccc3ncccc3c2)c1. The molecule has 0 unspecified atom stereocenters. The number of aromatic nitrogens is 1. The molecular weight excluding hydrogens is 336 g/mol. The minimum atomic E-state index is 0.721. The number of benzene rings is 2. The molecule has 1 heterocycles. The predicted octanol–water partition coefficient (Wildman–Crippen LogP) is 5.26. The van der Waals surface area contributed by atoms with Gasteiger partial charge in [0.1, 0.15) is 0 Å². The summed E-state index contributed by atoms with van der Waals surface area (Å²) in [7, 11) is 0. The van der Waals surface area contributed by atoms with E-state index in [9.17, 15) is 0 Å². The summed E-state index contributed by atoms with van der Waals surface area (Å²) in [6, 6.07) is 16.0. The summed E-state index contributed by atoms with van der Waals surface area (Å²) < 4.78 is 1.00. The summed E-state index contributed by atoms with van der Waals surface area (Å²) in [6.07, 6.45) is 1.81. The van der Waals surface area contributed by atoms with Crippen LogP contribution < -0.4 is 5.32 Å². The number of nitrogens with zero attached hydrogens (tertiary/aromatic N) is 1. The van der Waals surface area contributed by atoms with Gasteiger partial charge in [0, 0.05) is 27.6 Å². The van der Waals surface area contributed by atoms with E-state index in [-0.39, 0.29) is 0 Å². The molecule has 0 saturated heterocycles. The van der Waals surface area contributed by atoms with E-state index >= 15 is 0 Å². The van der Waals surface area contributed by atoms with Crippen LogP contribution in [0, 0.1) is 0 Å². The molecule has 1 N–H and O–H groups in total. The van der Waals surface area contributed by atoms with E-state index in [1.54, 1.807) is 0 Å². The number of pyridine rings is 1. The Morgan fingerprint density at radius 1 is 1.10 bits per heavy atom. The van der Waals surface area contributed by atoms with E-state index in [2.05, 4.69) is 44.4 Å². The largest absolute Gasteiger partial charge is 0.380 e. The highest BCUT2D eigenvalue weighted by atomic mass is 79.9. The van der Waals surface area contributed by atoms with Crippen molar-refractivity contribution in [3.8, 4) is 0 Å². The Morgan fingerprint density at radius 2 is 2.00 bits per heavy atom. The smallest absolute Gasteiger partial charge is 0.0702 e. The minimum absolute atomic E-state index is 0.721. The molecule has 0 radical (unpaired) electrons. The highest BCUT2D eigenvalue weighted by Crippen LogP contribution is 2.26. The lowest BCUT2D eigenvalue weighted by Gasteiger charge is -2.09. The summed E-state index contributed by atoms with van der Waals surface area (Å²) >= 11 is 9.52. The first kappa shape index (κ1) is 13.4. The van der Waals surface area contributed by atoms with E-state index in [1.807, 2.05) is 36.5 Å². The minimum Gasteiger partial charge on any atom is -0.380 e. The predicted molar refractivity (Wildman–Crippen MR) is 88.2 cm³/mol. The molecule has 0 bridgehead atoms. The zero-order chi connectivity index (χ0) is 13.9. The van der Waals surface area contributed by atoms with Crippen LogP contribution in [-0.4, -0.2) is 4.98 Å². The van der Waals surface area contributed by atoms with Gasteiger partial charge in [-0.1, -0.05) is 23.7 Å². The Labute approximate surface area is 130 Å². The van der Waals surface area contributed by atoms with E-state index < -0.39 is 0 Å². The van der Waals surface area contributed by atoms with Crippen molar-refractivity contribution in [2.24, 2.45) is 0 Å². The zero-order valence-corrected chi connectivity index (χ0v) is 12.9. The maximum atomic E-state index is 6.01. The second-order valence-electron chi connectivity index (χ2n) is 4.51. The van der Waals surface area contributed by atoms with Crippen LogP contribution in [0.2, 0.25) is 5.02 Å². The molecular formula is C16H12BrClN2. The zero-order valence-electron chi connectivity index (χ0n) is 10.6. The number of anilines is 1. The molecule has 0 saturated carbocycles. The third kappa shape index (κ3) is 2.94. The first-order valence-corrected chi connectivity index (χ1v) is 7.42. The lowest BCUT2D eigenvalue weighted by atomic mass is 10.1. The van der Waals surface area contributed by atoms with Crippen molar-refractivity contribution in [2.75, 3.05) is 5.32 Å². The van der Waals surface area contributed by atoms with Gasteiger partial charge in [0.15, 0.2) is 0 Å². The Morgan fingerprint density at radius 3 is 2.90 bits per heavy atom. The third-order valence-electron chi connectivity index (χ3n) is 3.08. The lowest BCUT2D eigenvalue weighted by Crippen LogP contribution is -2.00. The number of rotatable bonds is 3. The van der Waals surface area contributed by atoms with Crippen LogP contribution >= 0.6 is 27.5 Å². The number of hydrogen-bond donors (Lipinski definition) is 1. The molecule has 1 aromatic heterocycles. The first-order chi connectivity index (χ1) is 9.72. The fraction of sp³-hybridized carbons (Fsp3) is 0.0625. The van der Waals surface area contributed by atoms with Gasteiger partial charge >= 0.3 is 0 Å². The highest BCUT2D eigenvalue weighted by molar-refractivity contribution is 9.10. The molecule has 0 aliphatic heterocycles. The summed E-state index contributed by atoms with van der Waals surface area (Å²) in [5.74, 6) is 0. The number of halogens is 2. The molecule has 20 heavy (non-hydrogen) atoms. The molecule has 0 aliphatic carbocycles. The van der Waals surface area contributed by atoms with Crippen LogP contribution in [0.1, 0.15) is 5.56 Å². The number of nitrogens with one attached hydrogen (secondary N) is 1. The van der Waals surface area contributed by atoms with Crippen LogP contribution in [0.5, 0.6) is 0 Å². The van der Waals surface area contributed by atoms with Crippen molar-refractivity contribution in [3.05, 3.63) is 69.8 Å². The van der Waals surface area contributed by atoms with Gasteiger partial charge in [-0.15, -0.1) is 0 Å². The summed E-state index contributed by atoms with van der Waals surface area (Å²) in [6.45, 7) is 0.740.